The van der Waals surface area contributed by atoms with Crippen molar-refractivity contribution >= 4 is 5.96 Å². The first kappa shape index (κ1) is 12.4. The highest BCUT2D eigenvalue weighted by molar-refractivity contribution is 5.79. The molecule has 0 aromatic carbocycles. The number of nitrogens with zero attached hydrogens (tertiary/aromatic N) is 3. The summed E-state index contributed by atoms with van der Waals surface area (Å²) in [5, 5.41) is 0. The third kappa shape index (κ3) is 3.51. The number of aliphatic imine (C=N–C) groups is 1. The van der Waals surface area contributed by atoms with E-state index in [4.69, 9.17) is 5.84 Å². The van der Waals surface area contributed by atoms with Gasteiger partial charge in [0, 0.05) is 32.0 Å². The van der Waals surface area contributed by atoms with E-state index in [0.29, 0.717) is 6.54 Å². The van der Waals surface area contributed by atoms with E-state index in [9.17, 15) is 0 Å². The molecule has 0 unspecified atom stereocenters. The van der Waals surface area contributed by atoms with Gasteiger partial charge in [-0.3, -0.25) is 15.4 Å². The normalized spacial score (nSPS) is 11.3. The summed E-state index contributed by atoms with van der Waals surface area (Å²) in [5.41, 5.74) is 3.83. The van der Waals surface area contributed by atoms with Gasteiger partial charge in [0.2, 0.25) is 5.96 Å². The number of nitrogens with two attached hydrogens (primary N) is 1. The van der Waals surface area contributed by atoms with E-state index in [0.717, 1.165) is 19.0 Å². The molecule has 0 saturated heterocycles. The first-order valence-electron chi connectivity index (χ1n) is 5.46. The van der Waals surface area contributed by atoms with Gasteiger partial charge in [-0.2, -0.15) is 0 Å². The lowest BCUT2D eigenvalue weighted by molar-refractivity contribution is 0.417. The van der Waals surface area contributed by atoms with Crippen LogP contribution in [0.15, 0.2) is 29.5 Å². The van der Waals surface area contributed by atoms with Crippen LogP contribution in [0.5, 0.6) is 0 Å². The van der Waals surface area contributed by atoms with Gasteiger partial charge in [0.05, 0.1) is 0 Å². The fourth-order valence-corrected chi connectivity index (χ4v) is 1.43. The number of rotatable bonds is 4. The first-order chi connectivity index (χ1) is 7.81. The topological polar surface area (TPSA) is 66.5 Å². The Labute approximate surface area is 96.4 Å². The Kier molecular flexibility index (Phi) is 5.28. The second kappa shape index (κ2) is 6.79. The van der Waals surface area contributed by atoms with Crippen LogP contribution in [0.2, 0.25) is 0 Å². The fraction of sp³-hybridized carbons (Fsp3) is 0.455. The molecule has 0 spiro atoms. The molecule has 16 heavy (non-hydrogen) atoms. The molecule has 3 N–H and O–H groups in total. The summed E-state index contributed by atoms with van der Waals surface area (Å²) in [6.45, 7) is 6.40. The van der Waals surface area contributed by atoms with Crippen molar-refractivity contribution in [1.82, 2.24) is 15.3 Å². The lowest BCUT2D eigenvalue weighted by Crippen LogP contribution is -2.44. The van der Waals surface area contributed by atoms with Crippen LogP contribution in [0.3, 0.4) is 0 Å². The number of pyridine rings is 1. The van der Waals surface area contributed by atoms with Gasteiger partial charge in [-0.1, -0.05) is 0 Å². The molecule has 0 atom stereocenters. The highest BCUT2D eigenvalue weighted by Gasteiger charge is 2.07. The molecule has 0 aliphatic carbocycles. The minimum Gasteiger partial charge on any atom is -0.338 e. The third-order valence-electron chi connectivity index (χ3n) is 2.24. The van der Waals surface area contributed by atoms with Crippen LogP contribution in [-0.4, -0.2) is 28.9 Å². The second-order valence-corrected chi connectivity index (χ2v) is 3.31. The Morgan fingerprint density at radius 3 is 2.62 bits per heavy atom. The largest absolute Gasteiger partial charge is 0.338 e. The summed E-state index contributed by atoms with van der Waals surface area (Å²) in [7, 11) is 0. The van der Waals surface area contributed by atoms with Gasteiger partial charge < -0.3 is 4.90 Å². The molecule has 0 radical (unpaired) electrons. The Bertz CT molecular complexity index is 322. The highest BCUT2D eigenvalue weighted by atomic mass is 15.4. The Balaban J connectivity index is 2.72. The van der Waals surface area contributed by atoms with E-state index >= 15 is 0 Å². The smallest absolute Gasteiger partial charge is 0.208 e. The van der Waals surface area contributed by atoms with Crippen LogP contribution in [0, 0.1) is 0 Å². The molecule has 1 heterocycles. The van der Waals surface area contributed by atoms with Crippen LogP contribution in [0.25, 0.3) is 0 Å². The molecule has 5 nitrogen and oxygen atoms in total. The molecule has 5 heteroatoms. The summed E-state index contributed by atoms with van der Waals surface area (Å²) in [5.74, 6) is 6.18. The lowest BCUT2D eigenvalue weighted by atomic mass is 10.2. The van der Waals surface area contributed by atoms with Crippen molar-refractivity contribution in [2.45, 2.75) is 20.4 Å². The van der Waals surface area contributed by atoms with Crippen molar-refractivity contribution < 1.29 is 0 Å². The number of nitrogens with one attached hydrogen (secondary N) is 1. The zero-order valence-electron chi connectivity index (χ0n) is 9.85. The molecule has 88 valence electrons. The van der Waals surface area contributed by atoms with Gasteiger partial charge in [-0.25, -0.2) is 5.84 Å². The average Bonchev–Trinajstić information content (AvgIpc) is 2.35. The number of guanidine groups is 1. The van der Waals surface area contributed by atoms with E-state index in [1.165, 1.54) is 5.56 Å². The van der Waals surface area contributed by atoms with E-state index in [2.05, 4.69) is 27.2 Å². The van der Waals surface area contributed by atoms with E-state index in [-0.39, 0.29) is 0 Å². The molecule has 1 aromatic rings. The van der Waals surface area contributed by atoms with Crippen molar-refractivity contribution in [3.63, 3.8) is 0 Å². The molecule has 0 aliphatic heterocycles. The number of hydrogen-bond donors (Lipinski definition) is 2. The SMILES string of the molecule is CCN=C(NN)N(CC)Cc1ccncc1. The van der Waals surface area contributed by atoms with Gasteiger partial charge in [0.25, 0.3) is 0 Å². The molecule has 0 amide bonds. The number of hydrazine groups is 1. The quantitative estimate of drug-likeness (QED) is 0.341. The zero-order valence-corrected chi connectivity index (χ0v) is 9.85. The minimum absolute atomic E-state index is 0.715. The van der Waals surface area contributed by atoms with Crippen LogP contribution >= 0.6 is 0 Å². The standard InChI is InChI=1S/C11H19N5/c1-3-14-11(15-12)16(4-2)9-10-5-7-13-8-6-10/h5-8H,3-4,9,12H2,1-2H3,(H,14,15). The maximum atomic E-state index is 5.45. The predicted molar refractivity (Wildman–Crippen MR) is 65.6 cm³/mol. The van der Waals surface area contributed by atoms with Crippen molar-refractivity contribution in [2.24, 2.45) is 10.8 Å². The van der Waals surface area contributed by atoms with Crippen LogP contribution in [0.4, 0.5) is 0 Å². The number of hydrogen-bond acceptors (Lipinski definition) is 3. The van der Waals surface area contributed by atoms with E-state index in [1.54, 1.807) is 12.4 Å². The molecule has 0 bridgehead atoms. The van der Waals surface area contributed by atoms with Crippen molar-refractivity contribution in [3.8, 4) is 0 Å². The summed E-state index contributed by atoms with van der Waals surface area (Å²) in [4.78, 5) is 10.4. The summed E-state index contributed by atoms with van der Waals surface area (Å²) >= 11 is 0. The van der Waals surface area contributed by atoms with Crippen molar-refractivity contribution in [2.75, 3.05) is 13.1 Å². The van der Waals surface area contributed by atoms with Gasteiger partial charge >= 0.3 is 0 Å². The summed E-state index contributed by atoms with van der Waals surface area (Å²) in [6, 6.07) is 3.98. The van der Waals surface area contributed by atoms with Crippen LogP contribution in [-0.2, 0) is 6.54 Å². The average molecular weight is 221 g/mol. The molecule has 0 fully saturated rings. The maximum Gasteiger partial charge on any atom is 0.208 e. The molecule has 1 rings (SSSR count). The number of aromatic nitrogens is 1. The first-order valence-corrected chi connectivity index (χ1v) is 5.46. The zero-order chi connectivity index (χ0) is 11.8. The minimum atomic E-state index is 0.715. The monoisotopic (exact) mass is 221 g/mol. The van der Waals surface area contributed by atoms with Crippen molar-refractivity contribution in [1.29, 1.82) is 0 Å². The van der Waals surface area contributed by atoms with E-state index < -0.39 is 0 Å². The fourth-order valence-electron chi connectivity index (χ4n) is 1.43. The van der Waals surface area contributed by atoms with Crippen molar-refractivity contribution in [3.05, 3.63) is 30.1 Å². The van der Waals surface area contributed by atoms with E-state index in [1.807, 2.05) is 19.1 Å². The van der Waals surface area contributed by atoms with Crippen LogP contribution < -0.4 is 11.3 Å². The Hall–Kier alpha value is -1.62. The molecular formula is C11H19N5. The second-order valence-electron chi connectivity index (χ2n) is 3.31. The molecule has 1 aromatic heterocycles. The van der Waals surface area contributed by atoms with Crippen LogP contribution in [0.1, 0.15) is 19.4 Å². The summed E-state index contributed by atoms with van der Waals surface area (Å²) < 4.78 is 0. The highest BCUT2D eigenvalue weighted by Crippen LogP contribution is 2.03. The lowest BCUT2D eigenvalue weighted by Gasteiger charge is -2.23. The predicted octanol–water partition coefficient (Wildman–Crippen LogP) is 0.743. The summed E-state index contributed by atoms with van der Waals surface area (Å²) in [6.07, 6.45) is 3.57. The maximum absolute atomic E-state index is 5.45. The molecule has 0 saturated carbocycles. The van der Waals surface area contributed by atoms with Gasteiger partial charge in [-0.15, -0.1) is 0 Å². The molecular weight excluding hydrogens is 202 g/mol. The molecule has 0 aliphatic rings. The van der Waals surface area contributed by atoms with Gasteiger partial charge in [0.15, 0.2) is 0 Å². The Morgan fingerprint density at radius 1 is 1.44 bits per heavy atom. The Morgan fingerprint density at radius 2 is 2.12 bits per heavy atom. The third-order valence-corrected chi connectivity index (χ3v) is 2.24. The van der Waals surface area contributed by atoms with Gasteiger partial charge in [-0.05, 0) is 31.5 Å². The van der Waals surface area contributed by atoms with Gasteiger partial charge in [0.1, 0.15) is 0 Å².